The van der Waals surface area contributed by atoms with Crippen LogP contribution in [0.15, 0.2) is 0 Å². The van der Waals surface area contributed by atoms with Crippen LogP contribution < -0.4 is 0 Å². The lowest BCUT2D eigenvalue weighted by atomic mass is 10.0. The molecule has 0 amide bonds. The Balaban J connectivity index is 5.15. The standard InChI is InChI=1S/C69H134O17P2/c1-7-9-11-13-14-15-16-17-18-19-23-26-29-34-40-46-52-67(72)80-58-65(86-68(73)53-47-41-35-30-27-24-21-20-22-25-28-32-38-43-49-61(3)4)60-84-88(77,78)82-56-63(70)55-81-87(75,76)83-59-64(57-79-66(71)51-45-37-12-10-8-2)85-69(74)54-48-42-36-31-33-39-44-50-62(5)6/h61-65,70H,7-60H2,1-6H3,(H,75,76)(H,77,78)/t63-,64+,65+/m0/s1. The molecule has 0 aliphatic heterocycles. The number of esters is 4. The van der Waals surface area contributed by atoms with Crippen molar-refractivity contribution in [3.05, 3.63) is 0 Å². The van der Waals surface area contributed by atoms with E-state index in [2.05, 4.69) is 41.5 Å². The number of ether oxygens (including phenoxy) is 4. The smallest absolute Gasteiger partial charge is 0.462 e. The second-order valence-corrected chi connectivity index (χ2v) is 28.8. The van der Waals surface area contributed by atoms with Gasteiger partial charge in [0.15, 0.2) is 12.2 Å². The van der Waals surface area contributed by atoms with Crippen LogP contribution >= 0.6 is 15.6 Å². The monoisotopic (exact) mass is 1300 g/mol. The maximum atomic E-state index is 13.0. The summed E-state index contributed by atoms with van der Waals surface area (Å²) < 4.78 is 68.0. The Hall–Kier alpha value is -1.94. The summed E-state index contributed by atoms with van der Waals surface area (Å²) in [4.78, 5) is 72.2. The van der Waals surface area contributed by atoms with Gasteiger partial charge in [0.05, 0.1) is 26.4 Å². The van der Waals surface area contributed by atoms with Gasteiger partial charge in [-0.15, -0.1) is 0 Å². The van der Waals surface area contributed by atoms with Crippen LogP contribution in [-0.4, -0.2) is 96.7 Å². The average molecular weight is 1300 g/mol. The van der Waals surface area contributed by atoms with Gasteiger partial charge in [0, 0.05) is 25.7 Å². The third kappa shape index (κ3) is 62.8. The summed E-state index contributed by atoms with van der Waals surface area (Å²) in [7, 11) is -9.89. The highest BCUT2D eigenvalue weighted by Crippen LogP contribution is 2.45. The summed E-state index contributed by atoms with van der Waals surface area (Å²) >= 11 is 0. The molecule has 0 aromatic heterocycles. The molecule has 2 unspecified atom stereocenters. The van der Waals surface area contributed by atoms with Gasteiger partial charge in [-0.05, 0) is 37.5 Å². The van der Waals surface area contributed by atoms with Crippen molar-refractivity contribution >= 4 is 39.5 Å². The predicted molar refractivity (Wildman–Crippen MR) is 354 cm³/mol. The molecule has 17 nitrogen and oxygen atoms in total. The third-order valence-corrected chi connectivity index (χ3v) is 17.9. The van der Waals surface area contributed by atoms with Crippen molar-refractivity contribution in [2.45, 2.75) is 368 Å². The fourth-order valence-electron chi connectivity index (χ4n) is 10.4. The number of hydrogen-bond acceptors (Lipinski definition) is 15. The quantitative estimate of drug-likeness (QED) is 0.0222. The number of phosphoric acid groups is 2. The molecule has 0 spiro atoms. The first-order valence-corrected chi connectivity index (χ1v) is 39.0. The van der Waals surface area contributed by atoms with E-state index < -0.39 is 97.5 Å². The first-order valence-electron chi connectivity index (χ1n) is 36.0. The van der Waals surface area contributed by atoms with Crippen molar-refractivity contribution < 1.29 is 80.2 Å². The van der Waals surface area contributed by atoms with E-state index in [1.807, 2.05) is 0 Å². The zero-order valence-corrected chi connectivity index (χ0v) is 58.8. The van der Waals surface area contributed by atoms with Crippen molar-refractivity contribution in [2.75, 3.05) is 39.6 Å². The normalized spacial score (nSPS) is 14.2. The van der Waals surface area contributed by atoms with E-state index in [0.29, 0.717) is 31.6 Å². The van der Waals surface area contributed by atoms with E-state index in [0.717, 1.165) is 102 Å². The minimum Gasteiger partial charge on any atom is -0.462 e. The van der Waals surface area contributed by atoms with Crippen LogP contribution in [0.2, 0.25) is 0 Å². The molecule has 0 radical (unpaired) electrons. The summed E-state index contributed by atoms with van der Waals surface area (Å²) in [5.74, 6) is -0.647. The Morgan fingerprint density at radius 3 is 0.773 bits per heavy atom. The van der Waals surface area contributed by atoms with Crippen molar-refractivity contribution in [3.8, 4) is 0 Å². The zero-order valence-electron chi connectivity index (χ0n) is 57.0. The van der Waals surface area contributed by atoms with E-state index in [4.69, 9.17) is 37.0 Å². The number of hydrogen-bond donors (Lipinski definition) is 3. The molecule has 88 heavy (non-hydrogen) atoms. The highest BCUT2D eigenvalue weighted by molar-refractivity contribution is 7.47. The lowest BCUT2D eigenvalue weighted by Gasteiger charge is -2.21. The number of carbonyl (C=O) groups is 4. The maximum Gasteiger partial charge on any atom is 0.472 e. The molecule has 0 aromatic carbocycles. The van der Waals surface area contributed by atoms with Gasteiger partial charge in [-0.1, -0.05) is 298 Å². The lowest BCUT2D eigenvalue weighted by molar-refractivity contribution is -0.161. The van der Waals surface area contributed by atoms with E-state index in [9.17, 15) is 43.2 Å². The van der Waals surface area contributed by atoms with E-state index >= 15 is 0 Å². The molecular weight excluding hydrogens is 1160 g/mol. The van der Waals surface area contributed by atoms with Gasteiger partial charge in [0.2, 0.25) is 0 Å². The van der Waals surface area contributed by atoms with Crippen LogP contribution in [0.4, 0.5) is 0 Å². The van der Waals surface area contributed by atoms with E-state index in [1.165, 1.54) is 161 Å². The van der Waals surface area contributed by atoms with Crippen molar-refractivity contribution in [1.29, 1.82) is 0 Å². The number of phosphoric ester groups is 2. The van der Waals surface area contributed by atoms with Gasteiger partial charge in [0.1, 0.15) is 19.3 Å². The number of unbranched alkanes of at least 4 members (excludes halogenated alkanes) is 38. The number of rotatable bonds is 68. The Bertz CT molecular complexity index is 1720. The lowest BCUT2D eigenvalue weighted by Crippen LogP contribution is -2.30. The molecule has 0 saturated heterocycles. The SMILES string of the molecule is CCCCCCCCCCCCCCCCCCC(=O)OC[C@H](COP(=O)(O)OC[C@@H](O)COP(=O)(O)OC[C@@H](COC(=O)CCCCCCC)OC(=O)CCCCCCCCCC(C)C)OC(=O)CCCCCCCCCCCCCCCCC(C)C. The highest BCUT2D eigenvalue weighted by Gasteiger charge is 2.30. The Morgan fingerprint density at radius 2 is 0.523 bits per heavy atom. The molecule has 19 heteroatoms. The van der Waals surface area contributed by atoms with E-state index in [1.54, 1.807) is 0 Å². The Morgan fingerprint density at radius 1 is 0.307 bits per heavy atom. The minimum absolute atomic E-state index is 0.103. The van der Waals surface area contributed by atoms with Crippen molar-refractivity contribution in [1.82, 2.24) is 0 Å². The Labute approximate surface area is 537 Å². The van der Waals surface area contributed by atoms with Crippen molar-refractivity contribution in [3.63, 3.8) is 0 Å². The molecule has 0 aliphatic carbocycles. The van der Waals surface area contributed by atoms with E-state index in [-0.39, 0.29) is 25.7 Å². The molecule has 522 valence electrons. The summed E-state index contributed by atoms with van der Waals surface area (Å²) in [6.45, 7) is 9.41. The molecule has 0 saturated carbocycles. The summed E-state index contributed by atoms with van der Waals surface area (Å²) in [6, 6.07) is 0. The number of carbonyl (C=O) groups excluding carboxylic acids is 4. The van der Waals surface area contributed by atoms with Gasteiger partial charge < -0.3 is 33.8 Å². The van der Waals surface area contributed by atoms with Crippen LogP contribution in [-0.2, 0) is 65.4 Å². The highest BCUT2D eigenvalue weighted by atomic mass is 31.2. The zero-order chi connectivity index (χ0) is 65.0. The van der Waals surface area contributed by atoms with Crippen LogP contribution in [0.5, 0.6) is 0 Å². The van der Waals surface area contributed by atoms with Gasteiger partial charge in [-0.2, -0.15) is 0 Å². The molecule has 5 atom stereocenters. The molecular formula is C69H134O17P2. The number of aliphatic hydroxyl groups excluding tert-OH is 1. The molecule has 0 bridgehead atoms. The third-order valence-electron chi connectivity index (χ3n) is 16.0. The minimum atomic E-state index is -4.95. The second kappa shape index (κ2) is 61.3. The van der Waals surface area contributed by atoms with Crippen LogP contribution in [0.25, 0.3) is 0 Å². The van der Waals surface area contributed by atoms with Gasteiger partial charge in [-0.25, -0.2) is 9.13 Å². The molecule has 0 aromatic rings. The van der Waals surface area contributed by atoms with Gasteiger partial charge in [0.25, 0.3) is 0 Å². The molecule has 0 rings (SSSR count). The topological polar surface area (TPSA) is 237 Å². The summed E-state index contributed by atoms with van der Waals surface area (Å²) in [5.41, 5.74) is 0. The fraction of sp³-hybridized carbons (Fsp3) is 0.942. The van der Waals surface area contributed by atoms with Crippen molar-refractivity contribution in [2.24, 2.45) is 11.8 Å². The maximum absolute atomic E-state index is 13.0. The number of aliphatic hydroxyl groups is 1. The first-order chi connectivity index (χ1) is 42.4. The first kappa shape index (κ1) is 86.1. The predicted octanol–water partition coefficient (Wildman–Crippen LogP) is 19.6. The van der Waals surface area contributed by atoms with Crippen LogP contribution in [0, 0.1) is 11.8 Å². The molecule has 0 aliphatic rings. The van der Waals surface area contributed by atoms with Gasteiger partial charge >= 0.3 is 39.5 Å². The largest absolute Gasteiger partial charge is 0.472 e. The molecule has 3 N–H and O–H groups in total. The molecule has 0 fully saturated rings. The average Bonchev–Trinajstić information content (AvgIpc) is 3.60. The second-order valence-electron chi connectivity index (χ2n) is 25.9. The van der Waals surface area contributed by atoms with Gasteiger partial charge in [-0.3, -0.25) is 37.3 Å². The summed E-state index contributed by atoms with van der Waals surface area (Å²) in [6.07, 6.45) is 46.3. The van der Waals surface area contributed by atoms with Crippen LogP contribution in [0.1, 0.15) is 350 Å². The fourth-order valence-corrected chi connectivity index (χ4v) is 12.0. The molecule has 0 heterocycles. The summed E-state index contributed by atoms with van der Waals surface area (Å²) in [5, 5.41) is 10.5. The van der Waals surface area contributed by atoms with Crippen LogP contribution in [0.3, 0.4) is 0 Å². The Kier molecular flexibility index (Phi) is 59.9.